The van der Waals surface area contributed by atoms with Gasteiger partial charge in [0.1, 0.15) is 22.7 Å². The minimum atomic E-state index is -0.334. The maximum atomic E-state index is 12.8. The lowest BCUT2D eigenvalue weighted by Gasteiger charge is -2.06. The molecule has 7 heteroatoms. The molecule has 2 aromatic carbocycles. The zero-order chi connectivity index (χ0) is 20.2. The lowest BCUT2D eigenvalue weighted by atomic mass is 10.1. The minimum Gasteiger partial charge on any atom is -0.508 e. The molecule has 0 aliphatic heterocycles. The first-order chi connectivity index (χ1) is 14.1. The Morgan fingerprint density at radius 1 is 1.14 bits per heavy atom. The summed E-state index contributed by atoms with van der Waals surface area (Å²) in [7, 11) is 0. The first-order valence-electron chi connectivity index (χ1n) is 8.88. The van der Waals surface area contributed by atoms with Crippen molar-refractivity contribution < 1.29 is 18.7 Å². The topological polar surface area (TPSA) is 88.0 Å². The molecule has 0 unspecified atom stereocenters. The summed E-state index contributed by atoms with van der Waals surface area (Å²) in [5, 5.41) is 13.3. The molecule has 0 atom stereocenters. The van der Waals surface area contributed by atoms with E-state index in [0.29, 0.717) is 28.0 Å². The van der Waals surface area contributed by atoms with Crippen LogP contribution in [-0.4, -0.2) is 17.3 Å². The second-order valence-electron chi connectivity index (χ2n) is 6.26. The fourth-order valence-corrected chi connectivity index (χ4v) is 3.21. The van der Waals surface area contributed by atoms with Crippen molar-refractivity contribution in [2.45, 2.75) is 11.4 Å². The van der Waals surface area contributed by atoms with Crippen molar-refractivity contribution in [3.63, 3.8) is 0 Å². The molecule has 0 aliphatic rings. The number of nitrogens with zero attached hydrogens (tertiary/aromatic N) is 1. The normalized spacial score (nSPS) is 11.7. The third kappa shape index (κ3) is 4.35. The average Bonchev–Trinajstić information content (AvgIpc) is 3.26. The van der Waals surface area contributed by atoms with E-state index in [2.05, 4.69) is 10.3 Å². The second-order valence-corrected chi connectivity index (χ2v) is 7.14. The highest BCUT2D eigenvalue weighted by molar-refractivity contribution is 7.98. The Labute approximate surface area is 170 Å². The molecule has 0 bridgehead atoms. The van der Waals surface area contributed by atoms with Crippen molar-refractivity contribution >= 4 is 34.3 Å². The standard InChI is InChI=1S/C22H18N2O4S/c1-29-18-8-5-15(6-9-18)24-22-19(21(26)23-13-17-3-2-10-27-17)11-14-4-7-16(25)12-20(14)28-22/h2-12,25H,13H2,1H3,(H,23,26). The molecule has 0 spiro atoms. The van der Waals surface area contributed by atoms with Crippen LogP contribution in [0.2, 0.25) is 0 Å². The molecule has 29 heavy (non-hydrogen) atoms. The summed E-state index contributed by atoms with van der Waals surface area (Å²) >= 11 is 1.63. The number of thioether (sulfide) groups is 1. The smallest absolute Gasteiger partial charge is 0.257 e. The van der Waals surface area contributed by atoms with Crippen LogP contribution < -0.4 is 10.9 Å². The van der Waals surface area contributed by atoms with E-state index >= 15 is 0 Å². The van der Waals surface area contributed by atoms with Crippen LogP contribution in [0.5, 0.6) is 5.75 Å². The van der Waals surface area contributed by atoms with Crippen LogP contribution in [0, 0.1) is 0 Å². The van der Waals surface area contributed by atoms with Crippen molar-refractivity contribution in [2.24, 2.45) is 4.99 Å². The number of hydrogen-bond acceptors (Lipinski definition) is 6. The third-order valence-electron chi connectivity index (χ3n) is 4.28. The highest BCUT2D eigenvalue weighted by atomic mass is 32.2. The Morgan fingerprint density at radius 2 is 1.97 bits per heavy atom. The molecule has 2 heterocycles. The van der Waals surface area contributed by atoms with Gasteiger partial charge in [-0.3, -0.25) is 4.79 Å². The molecule has 6 nitrogen and oxygen atoms in total. The number of nitrogens with one attached hydrogen (secondary N) is 1. The number of phenols is 1. The fraction of sp³-hybridized carbons (Fsp3) is 0.0909. The number of aromatic hydroxyl groups is 1. The van der Waals surface area contributed by atoms with Gasteiger partial charge in [-0.05, 0) is 60.9 Å². The molecule has 2 N–H and O–H groups in total. The van der Waals surface area contributed by atoms with E-state index in [9.17, 15) is 9.90 Å². The van der Waals surface area contributed by atoms with Gasteiger partial charge in [-0.2, -0.15) is 0 Å². The second kappa shape index (κ2) is 8.28. The van der Waals surface area contributed by atoms with Crippen LogP contribution in [0.25, 0.3) is 11.0 Å². The molecule has 4 aromatic rings. The Bertz CT molecular complexity index is 1210. The molecule has 2 aromatic heterocycles. The Kier molecular flexibility index (Phi) is 5.39. The van der Waals surface area contributed by atoms with Crippen LogP contribution in [0.3, 0.4) is 0 Å². The van der Waals surface area contributed by atoms with Crippen molar-refractivity contribution in [1.29, 1.82) is 0 Å². The Morgan fingerprint density at radius 3 is 2.69 bits per heavy atom. The SMILES string of the molecule is CSc1ccc(N=c2oc3cc(O)ccc3cc2C(=O)NCc2ccco2)cc1. The van der Waals surface area contributed by atoms with Crippen LogP contribution >= 0.6 is 11.8 Å². The molecule has 0 radical (unpaired) electrons. The quantitative estimate of drug-likeness (QED) is 0.472. The summed E-state index contributed by atoms with van der Waals surface area (Å²) < 4.78 is 11.1. The predicted molar refractivity (Wildman–Crippen MR) is 111 cm³/mol. The number of carbonyl (C=O) groups excluding carboxylic acids is 1. The largest absolute Gasteiger partial charge is 0.508 e. The van der Waals surface area contributed by atoms with Gasteiger partial charge in [0.2, 0.25) is 5.55 Å². The van der Waals surface area contributed by atoms with Gasteiger partial charge in [0.25, 0.3) is 5.91 Å². The van der Waals surface area contributed by atoms with Gasteiger partial charge in [0.15, 0.2) is 0 Å². The van der Waals surface area contributed by atoms with Gasteiger partial charge in [-0.1, -0.05) is 0 Å². The molecule has 4 rings (SSSR count). The number of fused-ring (bicyclic) bond motifs is 1. The van der Waals surface area contributed by atoms with Crippen LogP contribution in [-0.2, 0) is 6.54 Å². The van der Waals surface area contributed by atoms with Crippen molar-refractivity contribution in [1.82, 2.24) is 5.32 Å². The number of benzene rings is 2. The van der Waals surface area contributed by atoms with Gasteiger partial charge in [-0.25, -0.2) is 4.99 Å². The molecule has 0 saturated carbocycles. The summed E-state index contributed by atoms with van der Waals surface area (Å²) in [6, 6.07) is 17.6. The van der Waals surface area contributed by atoms with Crippen molar-refractivity contribution in [3.05, 3.63) is 83.8 Å². The first-order valence-corrected chi connectivity index (χ1v) is 10.1. The number of furan rings is 1. The summed E-state index contributed by atoms with van der Waals surface area (Å²) in [4.78, 5) is 18.5. The van der Waals surface area contributed by atoms with Crippen LogP contribution in [0.1, 0.15) is 16.1 Å². The maximum Gasteiger partial charge on any atom is 0.257 e. The van der Waals surface area contributed by atoms with E-state index in [4.69, 9.17) is 8.83 Å². The lowest BCUT2D eigenvalue weighted by molar-refractivity contribution is 0.0944. The van der Waals surface area contributed by atoms with Gasteiger partial charge in [0, 0.05) is 16.3 Å². The molecular formula is C22H18N2O4S. The van der Waals surface area contributed by atoms with E-state index in [0.717, 1.165) is 4.90 Å². The minimum absolute atomic E-state index is 0.0755. The Balaban J connectivity index is 1.77. The van der Waals surface area contributed by atoms with E-state index in [1.807, 2.05) is 30.5 Å². The number of amides is 1. The van der Waals surface area contributed by atoms with Gasteiger partial charge < -0.3 is 19.3 Å². The van der Waals surface area contributed by atoms with E-state index in [1.165, 1.54) is 6.07 Å². The fourth-order valence-electron chi connectivity index (χ4n) is 2.80. The monoisotopic (exact) mass is 406 g/mol. The number of phenolic OH excluding ortho intramolecular Hbond substituents is 1. The average molecular weight is 406 g/mol. The molecule has 1 amide bonds. The van der Waals surface area contributed by atoms with E-state index in [1.54, 1.807) is 48.4 Å². The summed E-state index contributed by atoms with van der Waals surface area (Å²) in [5.74, 6) is 0.387. The molecule has 0 aliphatic carbocycles. The molecule has 146 valence electrons. The molecular weight excluding hydrogens is 388 g/mol. The van der Waals surface area contributed by atoms with Crippen molar-refractivity contribution in [2.75, 3.05) is 6.26 Å². The zero-order valence-electron chi connectivity index (χ0n) is 15.6. The molecule has 0 fully saturated rings. The molecule has 0 saturated heterocycles. The van der Waals surface area contributed by atoms with Crippen LogP contribution in [0.4, 0.5) is 5.69 Å². The third-order valence-corrected chi connectivity index (χ3v) is 5.03. The van der Waals surface area contributed by atoms with Gasteiger partial charge in [0.05, 0.1) is 18.5 Å². The highest BCUT2D eigenvalue weighted by Gasteiger charge is 2.13. The number of carbonyl (C=O) groups is 1. The summed E-state index contributed by atoms with van der Waals surface area (Å²) in [6.07, 6.45) is 3.55. The lowest BCUT2D eigenvalue weighted by Crippen LogP contribution is -2.28. The van der Waals surface area contributed by atoms with E-state index in [-0.39, 0.29) is 23.8 Å². The zero-order valence-corrected chi connectivity index (χ0v) is 16.4. The number of rotatable bonds is 5. The van der Waals surface area contributed by atoms with Gasteiger partial charge in [-0.15, -0.1) is 11.8 Å². The number of hydrogen-bond donors (Lipinski definition) is 2. The van der Waals surface area contributed by atoms with Crippen LogP contribution in [0.15, 0.2) is 85.6 Å². The summed E-state index contributed by atoms with van der Waals surface area (Å²) in [5.41, 5.74) is 1.55. The predicted octanol–water partition coefficient (Wildman–Crippen LogP) is 4.62. The maximum absolute atomic E-state index is 12.8. The van der Waals surface area contributed by atoms with Gasteiger partial charge >= 0.3 is 0 Å². The summed E-state index contributed by atoms with van der Waals surface area (Å²) in [6.45, 7) is 0.251. The highest BCUT2D eigenvalue weighted by Crippen LogP contribution is 2.21. The van der Waals surface area contributed by atoms with Crippen molar-refractivity contribution in [3.8, 4) is 5.75 Å². The Hall–Kier alpha value is -3.45. The first kappa shape index (κ1) is 18.9. The van der Waals surface area contributed by atoms with E-state index < -0.39 is 0 Å².